The number of hydrogen-bond acceptors (Lipinski definition) is 4. The molecule has 144 valence electrons. The van der Waals surface area contributed by atoms with Crippen LogP contribution in [0.3, 0.4) is 0 Å². The lowest BCUT2D eigenvalue weighted by atomic mass is 9.97. The summed E-state index contributed by atoms with van der Waals surface area (Å²) in [5.41, 5.74) is 0. The molecule has 6 nitrogen and oxygen atoms in total. The van der Waals surface area contributed by atoms with Crippen molar-refractivity contribution < 1.29 is 14.3 Å². The molecule has 1 saturated heterocycles. The topological polar surface area (TPSA) is 63.2 Å². The van der Waals surface area contributed by atoms with Crippen molar-refractivity contribution in [2.45, 2.75) is 64.4 Å². The third kappa shape index (κ3) is 6.84. The molecule has 0 aromatic carbocycles. The fourth-order valence-electron chi connectivity index (χ4n) is 3.65. The molecule has 0 spiro atoms. The van der Waals surface area contributed by atoms with Gasteiger partial charge in [-0.25, -0.2) is 0 Å². The number of guanidine groups is 1. The summed E-state index contributed by atoms with van der Waals surface area (Å²) in [6.45, 7) is 6.23. The van der Waals surface area contributed by atoms with Crippen LogP contribution in [0.2, 0.25) is 0 Å². The van der Waals surface area contributed by atoms with Gasteiger partial charge in [-0.15, -0.1) is 0 Å². The number of aliphatic imine (C=N–C) groups is 1. The Kier molecular flexibility index (Phi) is 9.08. The van der Waals surface area contributed by atoms with Gasteiger partial charge >= 0.3 is 5.97 Å². The Labute approximate surface area is 152 Å². The van der Waals surface area contributed by atoms with Crippen molar-refractivity contribution in [3.05, 3.63) is 0 Å². The molecule has 0 unspecified atom stereocenters. The first-order valence-corrected chi connectivity index (χ1v) is 9.97. The average molecular weight is 354 g/mol. The summed E-state index contributed by atoms with van der Waals surface area (Å²) in [7, 11) is 1.47. The zero-order valence-corrected chi connectivity index (χ0v) is 16.0. The van der Waals surface area contributed by atoms with Crippen LogP contribution in [0, 0.1) is 5.92 Å². The van der Waals surface area contributed by atoms with Gasteiger partial charge in [0.15, 0.2) is 5.96 Å². The normalized spacial score (nSPS) is 20.6. The molecule has 25 heavy (non-hydrogen) atoms. The monoisotopic (exact) mass is 353 g/mol. The van der Waals surface area contributed by atoms with Crippen LogP contribution in [0.25, 0.3) is 0 Å². The number of carbonyl (C=O) groups is 1. The van der Waals surface area contributed by atoms with Gasteiger partial charge in [0.1, 0.15) is 0 Å². The molecule has 0 aromatic heterocycles. The van der Waals surface area contributed by atoms with Crippen LogP contribution in [0.15, 0.2) is 4.99 Å². The number of piperidine rings is 1. The fraction of sp³-hybridized carbons (Fsp3) is 0.895. The van der Waals surface area contributed by atoms with Crippen molar-refractivity contribution in [2.24, 2.45) is 10.9 Å². The van der Waals surface area contributed by atoms with Crippen LogP contribution < -0.4 is 5.32 Å². The highest BCUT2D eigenvalue weighted by Crippen LogP contribution is 2.20. The molecular formula is C19H35N3O3. The third-order valence-electron chi connectivity index (χ3n) is 5.13. The molecule has 1 saturated carbocycles. The number of likely N-dealkylation sites (tertiary alicyclic amines) is 1. The second kappa shape index (κ2) is 11.3. The minimum atomic E-state index is -0.0820. The van der Waals surface area contributed by atoms with Gasteiger partial charge in [-0.2, -0.15) is 0 Å². The van der Waals surface area contributed by atoms with E-state index in [0.717, 1.165) is 58.0 Å². The van der Waals surface area contributed by atoms with Gasteiger partial charge in [0, 0.05) is 32.8 Å². The second-order valence-corrected chi connectivity index (χ2v) is 7.00. The number of methoxy groups -OCH3 is 1. The highest BCUT2D eigenvalue weighted by Gasteiger charge is 2.26. The Balaban J connectivity index is 1.70. The second-order valence-electron chi connectivity index (χ2n) is 7.00. The zero-order valence-electron chi connectivity index (χ0n) is 16.0. The van der Waals surface area contributed by atoms with Crippen molar-refractivity contribution in [3.63, 3.8) is 0 Å². The molecule has 1 heterocycles. The SMILES string of the molecule is CCNC(=NCCCOC1CCCCC1)N1CCC(C(=O)OC)CC1. The first kappa shape index (κ1) is 20.0. The Morgan fingerprint density at radius 2 is 1.88 bits per heavy atom. The van der Waals surface area contributed by atoms with E-state index in [0.29, 0.717) is 6.10 Å². The maximum absolute atomic E-state index is 11.6. The maximum atomic E-state index is 11.6. The predicted octanol–water partition coefficient (Wildman–Crippen LogP) is 2.58. The van der Waals surface area contributed by atoms with Crippen LogP contribution in [0.4, 0.5) is 0 Å². The van der Waals surface area contributed by atoms with Crippen LogP contribution >= 0.6 is 0 Å². The highest BCUT2D eigenvalue weighted by molar-refractivity contribution is 5.80. The number of nitrogens with one attached hydrogen (secondary N) is 1. The Bertz CT molecular complexity index is 414. The maximum Gasteiger partial charge on any atom is 0.308 e. The Morgan fingerprint density at radius 3 is 2.52 bits per heavy atom. The Morgan fingerprint density at radius 1 is 1.16 bits per heavy atom. The molecule has 1 aliphatic carbocycles. The van der Waals surface area contributed by atoms with E-state index in [1.165, 1.54) is 39.2 Å². The minimum absolute atomic E-state index is 0.0352. The summed E-state index contributed by atoms with van der Waals surface area (Å²) in [5.74, 6) is 0.915. The summed E-state index contributed by atoms with van der Waals surface area (Å²) >= 11 is 0. The van der Waals surface area contributed by atoms with Gasteiger partial charge in [0.2, 0.25) is 0 Å². The highest BCUT2D eigenvalue weighted by atomic mass is 16.5. The molecule has 0 amide bonds. The van der Waals surface area contributed by atoms with Crippen LogP contribution in [-0.4, -0.2) is 62.8 Å². The lowest BCUT2D eigenvalue weighted by Gasteiger charge is -2.33. The smallest absolute Gasteiger partial charge is 0.308 e. The summed E-state index contributed by atoms with van der Waals surface area (Å²) in [4.78, 5) is 18.6. The number of hydrogen-bond donors (Lipinski definition) is 1. The molecule has 2 aliphatic rings. The van der Waals surface area contributed by atoms with E-state index in [1.54, 1.807) is 0 Å². The molecular weight excluding hydrogens is 318 g/mol. The predicted molar refractivity (Wildman–Crippen MR) is 99.7 cm³/mol. The third-order valence-corrected chi connectivity index (χ3v) is 5.13. The largest absolute Gasteiger partial charge is 0.469 e. The molecule has 2 fully saturated rings. The lowest BCUT2D eigenvalue weighted by Crippen LogP contribution is -2.46. The van der Waals surface area contributed by atoms with E-state index in [-0.39, 0.29) is 11.9 Å². The minimum Gasteiger partial charge on any atom is -0.469 e. The average Bonchev–Trinajstić information content (AvgIpc) is 2.67. The van der Waals surface area contributed by atoms with Gasteiger partial charge in [-0.3, -0.25) is 9.79 Å². The van der Waals surface area contributed by atoms with E-state index in [9.17, 15) is 4.79 Å². The molecule has 0 radical (unpaired) electrons. The van der Waals surface area contributed by atoms with E-state index in [4.69, 9.17) is 14.5 Å². The summed E-state index contributed by atoms with van der Waals surface area (Å²) in [6.07, 6.45) is 9.55. The van der Waals surface area contributed by atoms with Crippen molar-refractivity contribution in [1.82, 2.24) is 10.2 Å². The summed E-state index contributed by atoms with van der Waals surface area (Å²) < 4.78 is 10.8. The van der Waals surface area contributed by atoms with Gasteiger partial charge in [-0.05, 0) is 39.0 Å². The first-order chi connectivity index (χ1) is 12.2. The van der Waals surface area contributed by atoms with E-state index in [2.05, 4.69) is 17.1 Å². The molecule has 1 aliphatic heterocycles. The van der Waals surface area contributed by atoms with Gasteiger partial charge in [0.25, 0.3) is 0 Å². The zero-order chi connectivity index (χ0) is 17.9. The van der Waals surface area contributed by atoms with Crippen LogP contribution in [-0.2, 0) is 14.3 Å². The van der Waals surface area contributed by atoms with Crippen molar-refractivity contribution in [1.29, 1.82) is 0 Å². The van der Waals surface area contributed by atoms with Crippen molar-refractivity contribution >= 4 is 11.9 Å². The summed E-state index contributed by atoms with van der Waals surface area (Å²) in [6, 6.07) is 0. The molecule has 6 heteroatoms. The van der Waals surface area contributed by atoms with Gasteiger partial charge in [-0.1, -0.05) is 19.3 Å². The van der Waals surface area contributed by atoms with E-state index in [1.807, 2.05) is 0 Å². The first-order valence-electron chi connectivity index (χ1n) is 9.97. The van der Waals surface area contributed by atoms with Crippen LogP contribution in [0.5, 0.6) is 0 Å². The van der Waals surface area contributed by atoms with Crippen molar-refractivity contribution in [3.8, 4) is 0 Å². The number of carbonyl (C=O) groups excluding carboxylic acids is 1. The van der Waals surface area contributed by atoms with E-state index >= 15 is 0 Å². The molecule has 2 rings (SSSR count). The number of esters is 1. The lowest BCUT2D eigenvalue weighted by molar-refractivity contribution is -0.146. The molecule has 1 N–H and O–H groups in total. The van der Waals surface area contributed by atoms with E-state index < -0.39 is 0 Å². The summed E-state index contributed by atoms with van der Waals surface area (Å²) in [5, 5.41) is 3.37. The number of ether oxygens (including phenoxy) is 2. The standard InChI is InChI=1S/C19H35N3O3/c1-3-20-19(22-13-10-16(11-14-22)18(23)24-2)21-12-7-15-25-17-8-5-4-6-9-17/h16-17H,3-15H2,1-2H3,(H,20,21). The van der Waals surface area contributed by atoms with Gasteiger partial charge in [0.05, 0.1) is 19.1 Å². The number of rotatable bonds is 7. The molecule has 0 bridgehead atoms. The quantitative estimate of drug-likeness (QED) is 0.330. The Hall–Kier alpha value is -1.30. The van der Waals surface area contributed by atoms with Gasteiger partial charge < -0.3 is 19.7 Å². The number of nitrogens with zero attached hydrogens (tertiary/aromatic N) is 2. The van der Waals surface area contributed by atoms with Crippen LogP contribution in [0.1, 0.15) is 58.3 Å². The molecule has 0 aromatic rings. The fourth-order valence-corrected chi connectivity index (χ4v) is 3.65. The van der Waals surface area contributed by atoms with Crippen molar-refractivity contribution in [2.75, 3.05) is 39.9 Å². The molecule has 0 atom stereocenters.